The van der Waals surface area contributed by atoms with Gasteiger partial charge in [0.15, 0.2) is 0 Å². The smallest absolute Gasteiger partial charge is 0.0499 e. The first-order valence-corrected chi connectivity index (χ1v) is 6.84. The summed E-state index contributed by atoms with van der Waals surface area (Å²) in [6, 6.07) is 9.88. The number of aromatic nitrogens is 1. The molecule has 1 saturated carbocycles. The summed E-state index contributed by atoms with van der Waals surface area (Å²) in [6.07, 6.45) is 4.72. The van der Waals surface area contributed by atoms with E-state index < -0.39 is 0 Å². The van der Waals surface area contributed by atoms with Crippen LogP contribution in [0.1, 0.15) is 25.3 Å². The number of fused-ring (bicyclic) bond motifs is 1. The van der Waals surface area contributed by atoms with Crippen LogP contribution >= 0.6 is 0 Å². The maximum Gasteiger partial charge on any atom is 0.0499 e. The van der Waals surface area contributed by atoms with Crippen molar-refractivity contribution in [3.05, 3.63) is 36.0 Å². The Bertz CT molecular complexity index is 513. The Labute approximate surface area is 108 Å². The van der Waals surface area contributed by atoms with Crippen molar-refractivity contribution in [2.75, 3.05) is 6.54 Å². The van der Waals surface area contributed by atoms with Gasteiger partial charge < -0.3 is 15.6 Å². The molecule has 0 spiro atoms. The van der Waals surface area contributed by atoms with Crippen molar-refractivity contribution in [1.29, 1.82) is 0 Å². The number of hydrogen-bond donors (Lipinski definition) is 3. The van der Waals surface area contributed by atoms with Gasteiger partial charge in [-0.1, -0.05) is 18.2 Å². The maximum atomic E-state index is 3.58. The molecule has 0 aliphatic heterocycles. The van der Waals surface area contributed by atoms with E-state index in [2.05, 4.69) is 46.8 Å². The van der Waals surface area contributed by atoms with Gasteiger partial charge in [0.2, 0.25) is 0 Å². The fraction of sp³-hybridized carbons (Fsp3) is 0.467. The Morgan fingerprint density at radius 1 is 1.33 bits per heavy atom. The quantitative estimate of drug-likeness (QED) is 0.729. The van der Waals surface area contributed by atoms with E-state index in [-0.39, 0.29) is 0 Å². The van der Waals surface area contributed by atoms with Gasteiger partial charge in [-0.05, 0) is 36.8 Å². The van der Waals surface area contributed by atoms with Gasteiger partial charge in [-0.15, -0.1) is 0 Å². The van der Waals surface area contributed by atoms with Crippen LogP contribution in [-0.4, -0.2) is 23.6 Å². The lowest BCUT2D eigenvalue weighted by molar-refractivity contribution is 0.501. The van der Waals surface area contributed by atoms with E-state index in [9.17, 15) is 0 Å². The molecule has 1 aliphatic carbocycles. The normalized spacial score (nSPS) is 17.2. The van der Waals surface area contributed by atoms with Crippen LogP contribution in [0.2, 0.25) is 0 Å². The molecule has 1 aromatic heterocycles. The standard InChI is InChI=1S/C15H21N3/c1-11(9-18-14-5-6-14)17-10-13-4-2-3-12-7-8-16-15(12)13/h2-4,7-8,11,14,16-18H,5-6,9-10H2,1H3. The zero-order chi connectivity index (χ0) is 12.4. The number of rotatable bonds is 6. The van der Waals surface area contributed by atoms with E-state index in [4.69, 9.17) is 0 Å². The Morgan fingerprint density at radius 3 is 3.06 bits per heavy atom. The lowest BCUT2D eigenvalue weighted by atomic mass is 10.1. The van der Waals surface area contributed by atoms with Crippen LogP contribution in [0.25, 0.3) is 10.9 Å². The molecule has 3 nitrogen and oxygen atoms in total. The summed E-state index contributed by atoms with van der Waals surface area (Å²) in [5.41, 5.74) is 2.60. The van der Waals surface area contributed by atoms with Crippen LogP contribution in [0.5, 0.6) is 0 Å². The summed E-state index contributed by atoms with van der Waals surface area (Å²) in [4.78, 5) is 3.32. The first-order chi connectivity index (χ1) is 8.83. The summed E-state index contributed by atoms with van der Waals surface area (Å²) >= 11 is 0. The van der Waals surface area contributed by atoms with E-state index in [1.165, 1.54) is 29.3 Å². The largest absolute Gasteiger partial charge is 0.361 e. The number of benzene rings is 1. The summed E-state index contributed by atoms with van der Waals surface area (Å²) < 4.78 is 0. The van der Waals surface area contributed by atoms with Gasteiger partial charge in [0, 0.05) is 36.9 Å². The topological polar surface area (TPSA) is 39.8 Å². The molecule has 1 aromatic carbocycles. The molecule has 1 heterocycles. The minimum absolute atomic E-state index is 0.510. The highest BCUT2D eigenvalue weighted by Gasteiger charge is 2.20. The van der Waals surface area contributed by atoms with Crippen molar-refractivity contribution in [2.45, 2.75) is 38.4 Å². The minimum atomic E-state index is 0.510. The maximum absolute atomic E-state index is 3.58. The van der Waals surface area contributed by atoms with Crippen LogP contribution in [0.4, 0.5) is 0 Å². The molecular weight excluding hydrogens is 222 g/mol. The highest BCUT2D eigenvalue weighted by Crippen LogP contribution is 2.18. The Hall–Kier alpha value is -1.32. The fourth-order valence-corrected chi connectivity index (χ4v) is 2.28. The van der Waals surface area contributed by atoms with Crippen LogP contribution in [0, 0.1) is 0 Å². The van der Waals surface area contributed by atoms with Crippen LogP contribution in [0.15, 0.2) is 30.5 Å². The van der Waals surface area contributed by atoms with E-state index in [1.54, 1.807) is 0 Å². The van der Waals surface area contributed by atoms with Crippen LogP contribution < -0.4 is 10.6 Å². The van der Waals surface area contributed by atoms with E-state index in [0.29, 0.717) is 6.04 Å². The molecule has 1 unspecified atom stereocenters. The second kappa shape index (κ2) is 5.12. The summed E-state index contributed by atoms with van der Waals surface area (Å²) in [5.74, 6) is 0. The number of nitrogens with one attached hydrogen (secondary N) is 3. The second-order valence-electron chi connectivity index (χ2n) is 5.32. The SMILES string of the molecule is CC(CNC1CC1)NCc1cccc2cc[nH]c12. The molecule has 18 heavy (non-hydrogen) atoms. The summed E-state index contributed by atoms with van der Waals surface area (Å²) in [6.45, 7) is 4.22. The van der Waals surface area contributed by atoms with Crippen molar-refractivity contribution < 1.29 is 0 Å². The average molecular weight is 243 g/mol. The molecule has 3 heteroatoms. The van der Waals surface area contributed by atoms with Gasteiger partial charge in [-0.2, -0.15) is 0 Å². The molecule has 0 radical (unpaired) electrons. The lowest BCUT2D eigenvalue weighted by Crippen LogP contribution is -2.36. The van der Waals surface area contributed by atoms with E-state index in [1.807, 2.05) is 6.20 Å². The van der Waals surface area contributed by atoms with E-state index in [0.717, 1.165) is 19.1 Å². The fourth-order valence-electron chi connectivity index (χ4n) is 2.28. The molecule has 1 aliphatic rings. The molecule has 0 amide bonds. The van der Waals surface area contributed by atoms with Gasteiger partial charge in [-0.3, -0.25) is 0 Å². The molecule has 0 bridgehead atoms. The third kappa shape index (κ3) is 2.74. The second-order valence-corrected chi connectivity index (χ2v) is 5.32. The van der Waals surface area contributed by atoms with Crippen LogP contribution in [0.3, 0.4) is 0 Å². The Balaban J connectivity index is 1.56. The van der Waals surface area contributed by atoms with Gasteiger partial charge >= 0.3 is 0 Å². The first kappa shape index (κ1) is 11.8. The zero-order valence-electron chi connectivity index (χ0n) is 10.9. The summed E-state index contributed by atoms with van der Waals surface area (Å²) in [5, 5.41) is 8.43. The molecule has 96 valence electrons. The third-order valence-electron chi connectivity index (χ3n) is 3.60. The molecular formula is C15H21N3. The molecule has 2 aromatic rings. The van der Waals surface area contributed by atoms with Crippen molar-refractivity contribution >= 4 is 10.9 Å². The Morgan fingerprint density at radius 2 is 2.22 bits per heavy atom. The summed E-state index contributed by atoms with van der Waals surface area (Å²) in [7, 11) is 0. The number of H-pyrrole nitrogens is 1. The number of hydrogen-bond acceptors (Lipinski definition) is 2. The monoisotopic (exact) mass is 243 g/mol. The predicted octanol–water partition coefficient (Wildman–Crippen LogP) is 2.40. The predicted molar refractivity (Wildman–Crippen MR) is 75.6 cm³/mol. The van der Waals surface area contributed by atoms with E-state index >= 15 is 0 Å². The zero-order valence-corrected chi connectivity index (χ0v) is 10.9. The highest BCUT2D eigenvalue weighted by molar-refractivity contribution is 5.82. The van der Waals surface area contributed by atoms with Gasteiger partial charge in [-0.25, -0.2) is 0 Å². The average Bonchev–Trinajstić information content (AvgIpc) is 3.09. The number of para-hydroxylation sites is 1. The van der Waals surface area contributed by atoms with Gasteiger partial charge in [0.05, 0.1) is 0 Å². The van der Waals surface area contributed by atoms with Gasteiger partial charge in [0.1, 0.15) is 0 Å². The minimum Gasteiger partial charge on any atom is -0.361 e. The molecule has 1 fully saturated rings. The van der Waals surface area contributed by atoms with Crippen molar-refractivity contribution in [1.82, 2.24) is 15.6 Å². The Kier molecular flexibility index (Phi) is 3.35. The number of aromatic amines is 1. The highest BCUT2D eigenvalue weighted by atomic mass is 15.0. The van der Waals surface area contributed by atoms with Gasteiger partial charge in [0.25, 0.3) is 0 Å². The van der Waals surface area contributed by atoms with Crippen molar-refractivity contribution in [3.63, 3.8) is 0 Å². The molecule has 0 saturated heterocycles. The lowest BCUT2D eigenvalue weighted by Gasteiger charge is -2.15. The molecule has 3 N–H and O–H groups in total. The molecule has 1 atom stereocenters. The molecule has 3 rings (SSSR count). The third-order valence-corrected chi connectivity index (χ3v) is 3.60. The van der Waals surface area contributed by atoms with Crippen molar-refractivity contribution in [3.8, 4) is 0 Å². The van der Waals surface area contributed by atoms with Crippen LogP contribution in [-0.2, 0) is 6.54 Å². The van der Waals surface area contributed by atoms with Crippen molar-refractivity contribution in [2.24, 2.45) is 0 Å². The first-order valence-electron chi connectivity index (χ1n) is 6.84.